The topological polar surface area (TPSA) is 9.23 Å². The number of alkyl halides is 1. The molecule has 0 amide bonds. The summed E-state index contributed by atoms with van der Waals surface area (Å²) >= 11 is 5.33. The summed E-state index contributed by atoms with van der Waals surface area (Å²) in [5, 5.41) is 0. The van der Waals surface area contributed by atoms with Crippen LogP contribution in [-0.4, -0.2) is 12.5 Å². The van der Waals surface area contributed by atoms with Gasteiger partial charge >= 0.3 is 0 Å². The molecule has 0 atom stereocenters. The molecule has 0 aromatic carbocycles. The fraction of sp³-hybridized carbons (Fsp3) is 0.429. The van der Waals surface area contributed by atoms with Crippen LogP contribution in [0.4, 0.5) is 0 Å². The lowest BCUT2D eigenvalue weighted by Crippen LogP contribution is -1.74. The van der Waals surface area contributed by atoms with Gasteiger partial charge in [0.15, 0.2) is 0 Å². The van der Waals surface area contributed by atoms with Gasteiger partial charge in [-0.05, 0) is 6.92 Å². The number of ether oxygens (including phenoxy) is 1. The summed E-state index contributed by atoms with van der Waals surface area (Å²) in [6, 6.07) is 0. The van der Waals surface area contributed by atoms with E-state index >= 15 is 0 Å². The monoisotopic (exact) mass is 145 g/mol. The van der Waals surface area contributed by atoms with E-state index in [9.17, 15) is 0 Å². The summed E-state index contributed by atoms with van der Waals surface area (Å²) in [5.41, 5.74) is 0. The van der Waals surface area contributed by atoms with E-state index in [1.165, 1.54) is 6.26 Å². The minimum Gasteiger partial charge on any atom is -0.501 e. The largest absolute Gasteiger partial charge is 0.501 e. The van der Waals surface area contributed by atoms with Crippen molar-refractivity contribution in [1.82, 2.24) is 0 Å². The smallest absolute Gasteiger partial charge is 0.0908 e. The zero-order valence-electron chi connectivity index (χ0n) is 5.43. The molecule has 0 aliphatic heterocycles. The molecule has 0 aliphatic carbocycles. The summed E-state index contributed by atoms with van der Waals surface area (Å²) in [4.78, 5) is 0. The molecule has 0 N–H and O–H groups in total. The molecule has 0 aromatic rings. The van der Waals surface area contributed by atoms with Crippen LogP contribution in [0.1, 0.15) is 6.92 Å². The molecular formula is C7H10ClO. The van der Waals surface area contributed by atoms with Crippen LogP contribution in [0.5, 0.6) is 0 Å². The third-order valence-electron chi connectivity index (χ3n) is 0.621. The molecule has 0 spiro atoms. The third-order valence-corrected chi connectivity index (χ3v) is 0.799. The van der Waals surface area contributed by atoms with Gasteiger partial charge < -0.3 is 4.74 Å². The summed E-state index contributed by atoms with van der Waals surface area (Å²) in [5.74, 6) is 0.521. The lowest BCUT2D eigenvalue weighted by Gasteiger charge is -1.87. The van der Waals surface area contributed by atoms with Crippen molar-refractivity contribution >= 4 is 11.6 Å². The maximum atomic E-state index is 5.33. The van der Waals surface area contributed by atoms with Crippen LogP contribution in [0, 0.1) is 6.08 Å². The number of rotatable bonds is 4. The van der Waals surface area contributed by atoms with Crippen molar-refractivity contribution in [2.75, 3.05) is 12.5 Å². The number of halogens is 1. The predicted molar refractivity (Wildman–Crippen MR) is 39.3 cm³/mol. The van der Waals surface area contributed by atoms with Crippen LogP contribution in [-0.2, 0) is 4.74 Å². The van der Waals surface area contributed by atoms with E-state index in [1.54, 1.807) is 12.2 Å². The highest BCUT2D eigenvalue weighted by atomic mass is 35.5. The van der Waals surface area contributed by atoms with Crippen LogP contribution in [0.15, 0.2) is 18.4 Å². The van der Waals surface area contributed by atoms with Gasteiger partial charge in [0.25, 0.3) is 0 Å². The molecule has 0 aromatic heterocycles. The minimum atomic E-state index is 0.521. The van der Waals surface area contributed by atoms with E-state index in [1.807, 2.05) is 6.92 Å². The summed E-state index contributed by atoms with van der Waals surface area (Å²) in [6.07, 6.45) is 7.81. The molecule has 0 rings (SSSR count). The van der Waals surface area contributed by atoms with E-state index in [0.717, 1.165) is 0 Å². The van der Waals surface area contributed by atoms with Gasteiger partial charge in [-0.3, -0.25) is 0 Å². The van der Waals surface area contributed by atoms with Gasteiger partial charge in [-0.2, -0.15) is 0 Å². The first-order valence-corrected chi connectivity index (χ1v) is 3.35. The fourth-order valence-electron chi connectivity index (χ4n) is 0.283. The molecule has 0 fully saturated rings. The Hall–Kier alpha value is -0.430. The Bertz CT molecular complexity index is 97.1. The van der Waals surface area contributed by atoms with Crippen molar-refractivity contribution < 1.29 is 4.74 Å². The van der Waals surface area contributed by atoms with E-state index in [4.69, 9.17) is 16.3 Å². The molecule has 51 valence electrons. The quantitative estimate of drug-likeness (QED) is 0.335. The van der Waals surface area contributed by atoms with Crippen LogP contribution < -0.4 is 0 Å². The van der Waals surface area contributed by atoms with Crippen molar-refractivity contribution in [3.05, 3.63) is 24.5 Å². The maximum Gasteiger partial charge on any atom is 0.0908 e. The summed E-state index contributed by atoms with van der Waals surface area (Å²) in [6.45, 7) is 2.60. The van der Waals surface area contributed by atoms with E-state index < -0.39 is 0 Å². The minimum absolute atomic E-state index is 0.521. The molecule has 1 radical (unpaired) electrons. The average Bonchev–Trinajstić information content (AvgIpc) is 1.89. The molecule has 0 unspecified atom stereocenters. The Labute approximate surface area is 61.0 Å². The Morgan fingerprint density at radius 3 is 3.00 bits per heavy atom. The van der Waals surface area contributed by atoms with Gasteiger partial charge in [0.05, 0.1) is 12.9 Å². The maximum absolute atomic E-state index is 5.33. The van der Waals surface area contributed by atoms with Crippen LogP contribution in [0.3, 0.4) is 0 Å². The summed E-state index contributed by atoms with van der Waals surface area (Å²) in [7, 11) is 0. The lowest BCUT2D eigenvalue weighted by molar-refractivity contribution is 0.268. The predicted octanol–water partition coefficient (Wildman–Crippen LogP) is 2.13. The van der Waals surface area contributed by atoms with E-state index in [-0.39, 0.29) is 0 Å². The van der Waals surface area contributed by atoms with Gasteiger partial charge in [0.2, 0.25) is 0 Å². The zero-order valence-corrected chi connectivity index (χ0v) is 6.19. The third kappa shape index (κ3) is 7.57. The Morgan fingerprint density at radius 1 is 1.67 bits per heavy atom. The first-order valence-electron chi connectivity index (χ1n) is 2.82. The molecule has 0 saturated carbocycles. The first kappa shape index (κ1) is 8.57. The molecule has 0 aliphatic rings. The summed E-state index contributed by atoms with van der Waals surface area (Å²) < 4.78 is 4.85. The highest BCUT2D eigenvalue weighted by Gasteiger charge is 1.67. The molecule has 0 bridgehead atoms. The first-order chi connectivity index (χ1) is 4.41. The zero-order chi connectivity index (χ0) is 6.95. The van der Waals surface area contributed by atoms with Crippen LogP contribution in [0.2, 0.25) is 0 Å². The molecular weight excluding hydrogens is 136 g/mol. The van der Waals surface area contributed by atoms with Crippen molar-refractivity contribution in [1.29, 1.82) is 0 Å². The highest BCUT2D eigenvalue weighted by molar-refractivity contribution is 6.18. The Kier molecular flexibility index (Phi) is 7.21. The number of hydrogen-bond acceptors (Lipinski definition) is 1. The second-order valence-corrected chi connectivity index (χ2v) is 1.61. The fourth-order valence-corrected chi connectivity index (χ4v) is 0.372. The van der Waals surface area contributed by atoms with Crippen LogP contribution >= 0.6 is 11.6 Å². The molecule has 9 heavy (non-hydrogen) atoms. The molecule has 0 saturated heterocycles. The second kappa shape index (κ2) is 7.57. The number of allylic oxidation sites excluding steroid dienone is 3. The van der Waals surface area contributed by atoms with Crippen molar-refractivity contribution in [3.8, 4) is 0 Å². The Morgan fingerprint density at radius 2 is 2.44 bits per heavy atom. The van der Waals surface area contributed by atoms with Gasteiger partial charge in [-0.25, -0.2) is 0 Å². The molecule has 0 heterocycles. The standard InChI is InChI=1S/C7H10ClO/c1-2-9-7-5-3-4-6-8/h3-4,7H,2,6H2,1H3. The lowest BCUT2D eigenvalue weighted by atomic mass is 10.5. The Balaban J connectivity index is 3.13. The highest BCUT2D eigenvalue weighted by Crippen LogP contribution is 1.80. The van der Waals surface area contributed by atoms with Gasteiger partial charge in [0.1, 0.15) is 0 Å². The van der Waals surface area contributed by atoms with Gasteiger partial charge in [0, 0.05) is 12.0 Å². The van der Waals surface area contributed by atoms with Crippen molar-refractivity contribution in [3.63, 3.8) is 0 Å². The van der Waals surface area contributed by atoms with E-state index in [2.05, 4.69) is 6.08 Å². The van der Waals surface area contributed by atoms with Crippen LogP contribution in [0.25, 0.3) is 0 Å². The second-order valence-electron chi connectivity index (χ2n) is 1.30. The van der Waals surface area contributed by atoms with Crippen molar-refractivity contribution in [2.45, 2.75) is 6.92 Å². The molecule has 2 heteroatoms. The number of hydrogen-bond donors (Lipinski definition) is 0. The van der Waals surface area contributed by atoms with E-state index in [0.29, 0.717) is 12.5 Å². The molecule has 1 nitrogen and oxygen atoms in total. The van der Waals surface area contributed by atoms with Gasteiger partial charge in [-0.15, -0.1) is 11.6 Å². The van der Waals surface area contributed by atoms with Crippen molar-refractivity contribution in [2.24, 2.45) is 0 Å². The normalized spacial score (nSPS) is 11.3. The average molecular weight is 146 g/mol. The SMILES string of the molecule is CCO/C=[C]/C=CCCl. The van der Waals surface area contributed by atoms with Gasteiger partial charge in [-0.1, -0.05) is 12.2 Å².